The standard InChI is InChI=1S/C21H22F2N6O2/c1-28-8-6-14(7-9-28)29-12-13(11-24-29)25-18-10-17(26-27-20(18)21(30)31-2)19-15(22)4-3-5-16(19)23/h3-5,10-12,14H,6-9H2,1-2H3,(H,25,26). The molecule has 162 valence electrons. The highest BCUT2D eigenvalue weighted by molar-refractivity contribution is 5.94. The summed E-state index contributed by atoms with van der Waals surface area (Å²) in [5, 5.41) is 15.2. The number of likely N-dealkylation sites (tertiary alicyclic amines) is 1. The van der Waals surface area contributed by atoms with E-state index in [9.17, 15) is 13.6 Å². The molecule has 0 unspecified atom stereocenters. The Morgan fingerprint density at radius 3 is 2.58 bits per heavy atom. The molecular formula is C21H22F2N6O2. The summed E-state index contributed by atoms with van der Waals surface area (Å²) in [4.78, 5) is 14.4. The van der Waals surface area contributed by atoms with Crippen molar-refractivity contribution in [2.75, 3.05) is 32.6 Å². The maximum Gasteiger partial charge on any atom is 0.360 e. The maximum atomic E-state index is 14.2. The zero-order valence-electron chi connectivity index (χ0n) is 17.2. The Morgan fingerprint density at radius 1 is 1.19 bits per heavy atom. The molecule has 1 aliphatic rings. The van der Waals surface area contributed by atoms with Gasteiger partial charge in [-0.1, -0.05) is 6.07 Å². The molecule has 31 heavy (non-hydrogen) atoms. The largest absolute Gasteiger partial charge is 0.464 e. The molecule has 4 rings (SSSR count). The predicted molar refractivity (Wildman–Crippen MR) is 110 cm³/mol. The van der Waals surface area contributed by atoms with Crippen molar-refractivity contribution in [1.82, 2.24) is 24.9 Å². The summed E-state index contributed by atoms with van der Waals surface area (Å²) in [5.41, 5.74) is 0.347. The van der Waals surface area contributed by atoms with Crippen molar-refractivity contribution in [3.63, 3.8) is 0 Å². The van der Waals surface area contributed by atoms with Gasteiger partial charge in [0.2, 0.25) is 0 Å². The van der Waals surface area contributed by atoms with E-state index in [1.807, 2.05) is 10.9 Å². The molecule has 0 atom stereocenters. The van der Waals surface area contributed by atoms with E-state index in [1.54, 1.807) is 6.20 Å². The van der Waals surface area contributed by atoms with Gasteiger partial charge in [0, 0.05) is 6.20 Å². The Hall–Kier alpha value is -3.40. The van der Waals surface area contributed by atoms with Crippen LogP contribution >= 0.6 is 0 Å². The highest BCUT2D eigenvalue weighted by Crippen LogP contribution is 2.29. The molecule has 0 spiro atoms. The van der Waals surface area contributed by atoms with Crippen LogP contribution in [0.3, 0.4) is 0 Å². The van der Waals surface area contributed by atoms with E-state index in [1.165, 1.54) is 19.2 Å². The van der Waals surface area contributed by atoms with E-state index in [-0.39, 0.29) is 28.7 Å². The third-order valence-corrected chi connectivity index (χ3v) is 5.33. The molecular weight excluding hydrogens is 406 g/mol. The first kappa shape index (κ1) is 20.9. The van der Waals surface area contributed by atoms with Gasteiger partial charge >= 0.3 is 5.97 Å². The molecule has 1 fully saturated rings. The second-order valence-electron chi connectivity index (χ2n) is 7.45. The molecule has 3 aromatic rings. The second kappa shape index (κ2) is 8.76. The van der Waals surface area contributed by atoms with E-state index in [0.29, 0.717) is 5.69 Å². The molecule has 0 radical (unpaired) electrons. The second-order valence-corrected chi connectivity index (χ2v) is 7.45. The fraction of sp³-hybridized carbons (Fsp3) is 0.333. The number of carbonyl (C=O) groups excluding carboxylic acids is 1. The summed E-state index contributed by atoms with van der Waals surface area (Å²) < 4.78 is 35.1. The first-order chi connectivity index (χ1) is 15.0. The van der Waals surface area contributed by atoms with Gasteiger partial charge in [0.15, 0.2) is 5.69 Å². The fourth-order valence-corrected chi connectivity index (χ4v) is 3.62. The lowest BCUT2D eigenvalue weighted by Gasteiger charge is -2.28. The summed E-state index contributed by atoms with van der Waals surface area (Å²) in [6.45, 7) is 1.98. The summed E-state index contributed by atoms with van der Waals surface area (Å²) in [6, 6.07) is 5.18. The van der Waals surface area contributed by atoms with E-state index in [4.69, 9.17) is 4.74 Å². The summed E-state index contributed by atoms with van der Waals surface area (Å²) in [5.74, 6) is -2.28. The Labute approximate surface area is 177 Å². The number of rotatable bonds is 5. The molecule has 2 aromatic heterocycles. The number of nitrogens with zero attached hydrogens (tertiary/aromatic N) is 5. The Balaban J connectivity index is 1.66. The Morgan fingerprint density at radius 2 is 1.90 bits per heavy atom. The van der Waals surface area contributed by atoms with Crippen LogP contribution in [-0.2, 0) is 4.74 Å². The SMILES string of the molecule is COC(=O)c1nnc(-c2c(F)cccc2F)cc1Nc1cnn(C2CCN(C)CC2)c1. The zero-order chi connectivity index (χ0) is 22.0. The number of ether oxygens (including phenoxy) is 1. The van der Waals surface area contributed by atoms with Crippen molar-refractivity contribution in [1.29, 1.82) is 0 Å². The lowest BCUT2D eigenvalue weighted by Crippen LogP contribution is -2.31. The van der Waals surface area contributed by atoms with E-state index < -0.39 is 17.6 Å². The average Bonchev–Trinajstić information content (AvgIpc) is 3.22. The fourth-order valence-electron chi connectivity index (χ4n) is 3.62. The highest BCUT2D eigenvalue weighted by Gasteiger charge is 2.22. The molecule has 1 N–H and O–H groups in total. The first-order valence-electron chi connectivity index (χ1n) is 9.86. The van der Waals surface area contributed by atoms with Gasteiger partial charge in [0.05, 0.1) is 36.3 Å². The topological polar surface area (TPSA) is 85.2 Å². The van der Waals surface area contributed by atoms with Gasteiger partial charge in [-0.15, -0.1) is 10.2 Å². The van der Waals surface area contributed by atoms with Gasteiger partial charge in [-0.3, -0.25) is 4.68 Å². The van der Waals surface area contributed by atoms with E-state index in [0.717, 1.165) is 38.1 Å². The molecule has 0 saturated carbocycles. The number of anilines is 2. The normalized spacial score (nSPS) is 15.1. The monoisotopic (exact) mass is 428 g/mol. The van der Waals surface area contributed by atoms with Crippen LogP contribution in [0.4, 0.5) is 20.2 Å². The van der Waals surface area contributed by atoms with E-state index in [2.05, 4.69) is 32.6 Å². The van der Waals surface area contributed by atoms with Crippen molar-refractivity contribution in [3.8, 4) is 11.3 Å². The molecule has 10 heteroatoms. The molecule has 1 saturated heterocycles. The van der Waals surface area contributed by atoms with Crippen LogP contribution in [0.2, 0.25) is 0 Å². The van der Waals surface area contributed by atoms with Crippen LogP contribution in [0.1, 0.15) is 29.4 Å². The van der Waals surface area contributed by atoms with Crippen LogP contribution < -0.4 is 5.32 Å². The lowest BCUT2D eigenvalue weighted by atomic mass is 10.1. The van der Waals surface area contributed by atoms with Gasteiger partial charge in [-0.05, 0) is 51.2 Å². The summed E-state index contributed by atoms with van der Waals surface area (Å²) in [7, 11) is 3.31. The molecule has 3 heterocycles. The lowest BCUT2D eigenvalue weighted by molar-refractivity contribution is 0.0594. The molecule has 0 bridgehead atoms. The van der Waals surface area contributed by atoms with Crippen molar-refractivity contribution >= 4 is 17.3 Å². The predicted octanol–water partition coefficient (Wildman–Crippen LogP) is 3.42. The minimum Gasteiger partial charge on any atom is -0.464 e. The minimum atomic E-state index is -0.777. The number of aromatic nitrogens is 4. The number of carbonyl (C=O) groups is 1. The summed E-state index contributed by atoms with van der Waals surface area (Å²) >= 11 is 0. The van der Waals surface area contributed by atoms with Crippen molar-refractivity contribution in [2.24, 2.45) is 0 Å². The number of piperidine rings is 1. The van der Waals surface area contributed by atoms with Crippen molar-refractivity contribution in [3.05, 3.63) is 54.0 Å². The maximum absolute atomic E-state index is 14.2. The molecule has 1 aromatic carbocycles. The minimum absolute atomic E-state index is 0.0477. The number of benzene rings is 1. The van der Waals surface area contributed by atoms with Gasteiger partial charge < -0.3 is 15.0 Å². The molecule has 1 aliphatic heterocycles. The Bertz CT molecular complexity index is 1070. The summed E-state index contributed by atoms with van der Waals surface area (Å²) in [6.07, 6.45) is 5.43. The highest BCUT2D eigenvalue weighted by atomic mass is 19.1. The van der Waals surface area contributed by atoms with Crippen LogP contribution in [0, 0.1) is 11.6 Å². The number of methoxy groups -OCH3 is 1. The molecule has 0 aliphatic carbocycles. The smallest absolute Gasteiger partial charge is 0.360 e. The molecule has 8 nitrogen and oxygen atoms in total. The zero-order valence-corrected chi connectivity index (χ0v) is 17.2. The first-order valence-corrected chi connectivity index (χ1v) is 9.86. The Kier molecular flexibility index (Phi) is 5.90. The third-order valence-electron chi connectivity index (χ3n) is 5.33. The van der Waals surface area contributed by atoms with E-state index >= 15 is 0 Å². The van der Waals surface area contributed by atoms with Crippen molar-refractivity contribution < 1.29 is 18.3 Å². The quantitative estimate of drug-likeness (QED) is 0.624. The van der Waals surface area contributed by atoms with Gasteiger partial charge in [0.1, 0.15) is 17.3 Å². The number of esters is 1. The van der Waals surface area contributed by atoms with Crippen LogP contribution in [0.5, 0.6) is 0 Å². The number of nitrogens with one attached hydrogen (secondary N) is 1. The number of halogens is 2. The van der Waals surface area contributed by atoms with Crippen LogP contribution in [0.15, 0.2) is 36.7 Å². The average molecular weight is 428 g/mol. The molecule has 0 amide bonds. The third kappa shape index (κ3) is 4.38. The van der Waals surface area contributed by atoms with Gasteiger partial charge in [-0.25, -0.2) is 13.6 Å². The number of hydrogen-bond donors (Lipinski definition) is 1. The number of hydrogen-bond acceptors (Lipinski definition) is 7. The van der Waals surface area contributed by atoms with Crippen LogP contribution in [-0.4, -0.2) is 58.1 Å². The van der Waals surface area contributed by atoms with Gasteiger partial charge in [0.25, 0.3) is 0 Å². The van der Waals surface area contributed by atoms with Gasteiger partial charge in [-0.2, -0.15) is 5.10 Å². The van der Waals surface area contributed by atoms with Crippen LogP contribution in [0.25, 0.3) is 11.3 Å². The van der Waals surface area contributed by atoms with Crippen molar-refractivity contribution in [2.45, 2.75) is 18.9 Å².